The topological polar surface area (TPSA) is 75.2 Å². The first-order valence-corrected chi connectivity index (χ1v) is 6.41. The van der Waals surface area contributed by atoms with E-state index in [0.29, 0.717) is 5.69 Å². The zero-order chi connectivity index (χ0) is 14.9. The van der Waals surface area contributed by atoms with Crippen molar-refractivity contribution in [3.05, 3.63) is 35.0 Å². The van der Waals surface area contributed by atoms with Crippen molar-refractivity contribution in [2.24, 2.45) is 0 Å². The van der Waals surface area contributed by atoms with E-state index in [-0.39, 0.29) is 11.5 Å². The number of ether oxygens (including phenoxy) is 1. The van der Waals surface area contributed by atoms with Crippen molar-refractivity contribution in [3.63, 3.8) is 0 Å². The van der Waals surface area contributed by atoms with Gasteiger partial charge < -0.3 is 9.84 Å². The van der Waals surface area contributed by atoms with Gasteiger partial charge in [0.25, 0.3) is 0 Å². The Balaban J connectivity index is 2.65. The number of carbonyl (C=O) groups is 1. The Kier molecular flexibility index (Phi) is 3.79. The molecule has 5 heteroatoms. The maximum Gasteiger partial charge on any atom is 0.339 e. The van der Waals surface area contributed by atoms with Gasteiger partial charge in [-0.1, -0.05) is 13.8 Å². The molecule has 1 aromatic carbocycles. The Morgan fingerprint density at radius 1 is 1.40 bits per heavy atom. The Morgan fingerprint density at radius 3 is 2.65 bits per heavy atom. The number of carboxylic acid groups (broad SMARTS) is 1. The molecule has 2 aromatic rings. The minimum absolute atomic E-state index is 0.174. The average Bonchev–Trinajstić information content (AvgIpc) is 2.87. The third kappa shape index (κ3) is 2.39. The molecular formula is C15H18N2O3. The Labute approximate surface area is 117 Å². The molecule has 0 aliphatic heterocycles. The van der Waals surface area contributed by atoms with Crippen molar-refractivity contribution in [2.75, 3.05) is 7.11 Å². The van der Waals surface area contributed by atoms with Crippen LogP contribution in [0, 0.1) is 6.92 Å². The molecule has 1 heterocycles. The summed E-state index contributed by atoms with van der Waals surface area (Å²) in [6.07, 6.45) is 1.33. The third-order valence-corrected chi connectivity index (χ3v) is 3.34. The van der Waals surface area contributed by atoms with E-state index in [4.69, 9.17) is 4.74 Å². The molecule has 0 unspecified atom stereocenters. The summed E-state index contributed by atoms with van der Waals surface area (Å²) in [5.74, 6) is 0.105. The first-order chi connectivity index (χ1) is 9.45. The highest BCUT2D eigenvalue weighted by molar-refractivity contribution is 5.95. The van der Waals surface area contributed by atoms with Crippen LogP contribution in [0.2, 0.25) is 0 Å². The molecule has 0 spiro atoms. The Bertz CT molecular complexity index is 645. The SMILES string of the molecule is COc1cc(C)c(-c2[nH]ncc2C(=O)O)cc1C(C)C. The van der Waals surface area contributed by atoms with Gasteiger partial charge in [-0.25, -0.2) is 4.79 Å². The highest BCUT2D eigenvalue weighted by Crippen LogP contribution is 2.34. The van der Waals surface area contributed by atoms with Gasteiger partial charge >= 0.3 is 5.97 Å². The van der Waals surface area contributed by atoms with Crippen LogP contribution in [0.15, 0.2) is 18.3 Å². The summed E-state index contributed by atoms with van der Waals surface area (Å²) in [5, 5.41) is 15.8. The second-order valence-electron chi connectivity index (χ2n) is 5.03. The number of aromatic amines is 1. The van der Waals surface area contributed by atoms with E-state index >= 15 is 0 Å². The largest absolute Gasteiger partial charge is 0.496 e. The molecule has 106 valence electrons. The van der Waals surface area contributed by atoms with E-state index in [2.05, 4.69) is 24.0 Å². The summed E-state index contributed by atoms with van der Waals surface area (Å²) in [5.41, 5.74) is 3.52. The van der Waals surface area contributed by atoms with E-state index in [0.717, 1.165) is 22.4 Å². The summed E-state index contributed by atoms with van der Waals surface area (Å²) >= 11 is 0. The predicted octanol–water partition coefficient (Wildman–Crippen LogP) is 3.22. The fourth-order valence-electron chi connectivity index (χ4n) is 2.25. The lowest BCUT2D eigenvalue weighted by atomic mass is 9.94. The molecule has 0 saturated heterocycles. The van der Waals surface area contributed by atoms with Crippen molar-refractivity contribution >= 4 is 5.97 Å². The van der Waals surface area contributed by atoms with Crippen LogP contribution in [0.4, 0.5) is 0 Å². The lowest BCUT2D eigenvalue weighted by Crippen LogP contribution is -2.01. The highest BCUT2D eigenvalue weighted by atomic mass is 16.5. The highest BCUT2D eigenvalue weighted by Gasteiger charge is 2.18. The number of hydrogen-bond donors (Lipinski definition) is 2. The second kappa shape index (κ2) is 5.36. The molecule has 2 N–H and O–H groups in total. The van der Waals surface area contributed by atoms with Gasteiger partial charge in [-0.05, 0) is 36.1 Å². The summed E-state index contributed by atoms with van der Waals surface area (Å²) in [7, 11) is 1.64. The molecule has 0 fully saturated rings. The molecule has 2 rings (SSSR count). The van der Waals surface area contributed by atoms with Gasteiger partial charge in [0.05, 0.1) is 19.0 Å². The predicted molar refractivity (Wildman–Crippen MR) is 76.4 cm³/mol. The number of methoxy groups -OCH3 is 1. The molecule has 0 aliphatic rings. The van der Waals surface area contributed by atoms with Crippen molar-refractivity contribution < 1.29 is 14.6 Å². The van der Waals surface area contributed by atoms with Crippen molar-refractivity contribution in [3.8, 4) is 17.0 Å². The number of nitrogens with one attached hydrogen (secondary N) is 1. The number of carboxylic acids is 1. The molecule has 0 bridgehead atoms. The van der Waals surface area contributed by atoms with Crippen LogP contribution in [0.1, 0.15) is 41.3 Å². The first-order valence-electron chi connectivity index (χ1n) is 6.41. The molecule has 1 aromatic heterocycles. The maximum absolute atomic E-state index is 11.2. The van der Waals surface area contributed by atoms with Gasteiger partial charge in [-0.15, -0.1) is 0 Å². The lowest BCUT2D eigenvalue weighted by molar-refractivity contribution is 0.0698. The van der Waals surface area contributed by atoms with Gasteiger partial charge in [-0.3, -0.25) is 5.10 Å². The van der Waals surface area contributed by atoms with E-state index < -0.39 is 5.97 Å². The van der Waals surface area contributed by atoms with Crippen LogP contribution in [0.25, 0.3) is 11.3 Å². The third-order valence-electron chi connectivity index (χ3n) is 3.34. The monoisotopic (exact) mass is 274 g/mol. The van der Waals surface area contributed by atoms with Crippen molar-refractivity contribution in [2.45, 2.75) is 26.7 Å². The van der Waals surface area contributed by atoms with E-state index in [1.54, 1.807) is 7.11 Å². The molecule has 0 aliphatic carbocycles. The number of aryl methyl sites for hydroxylation is 1. The number of aromatic nitrogens is 2. The van der Waals surface area contributed by atoms with Crippen LogP contribution in [-0.2, 0) is 0 Å². The van der Waals surface area contributed by atoms with Crippen molar-refractivity contribution in [1.29, 1.82) is 0 Å². The smallest absolute Gasteiger partial charge is 0.339 e. The summed E-state index contributed by atoms with van der Waals surface area (Å²) in [4.78, 5) is 11.2. The zero-order valence-corrected chi connectivity index (χ0v) is 12.0. The summed E-state index contributed by atoms with van der Waals surface area (Å²) in [6.45, 7) is 6.07. The molecular weight excluding hydrogens is 256 g/mol. The zero-order valence-electron chi connectivity index (χ0n) is 12.0. The van der Waals surface area contributed by atoms with E-state index in [9.17, 15) is 9.90 Å². The number of H-pyrrole nitrogens is 1. The second-order valence-corrected chi connectivity index (χ2v) is 5.03. The Hall–Kier alpha value is -2.30. The van der Waals surface area contributed by atoms with Gasteiger partial charge in [0, 0.05) is 5.56 Å². The van der Waals surface area contributed by atoms with Gasteiger partial charge in [0.15, 0.2) is 0 Å². The van der Waals surface area contributed by atoms with Crippen LogP contribution in [0.3, 0.4) is 0 Å². The molecule has 0 saturated carbocycles. The number of nitrogens with zero attached hydrogens (tertiary/aromatic N) is 1. The molecule has 0 amide bonds. The number of hydrogen-bond acceptors (Lipinski definition) is 3. The fraction of sp³-hybridized carbons (Fsp3) is 0.333. The molecule has 0 atom stereocenters. The fourth-order valence-corrected chi connectivity index (χ4v) is 2.25. The summed E-state index contributed by atoms with van der Waals surface area (Å²) in [6, 6.07) is 3.90. The number of rotatable bonds is 4. The van der Waals surface area contributed by atoms with Crippen LogP contribution < -0.4 is 4.74 Å². The minimum Gasteiger partial charge on any atom is -0.496 e. The van der Waals surface area contributed by atoms with Crippen molar-refractivity contribution in [1.82, 2.24) is 10.2 Å². The van der Waals surface area contributed by atoms with Gasteiger partial charge in [-0.2, -0.15) is 5.10 Å². The summed E-state index contributed by atoms with van der Waals surface area (Å²) < 4.78 is 5.40. The Morgan fingerprint density at radius 2 is 2.10 bits per heavy atom. The maximum atomic E-state index is 11.2. The standard InChI is InChI=1S/C15H18N2O3/c1-8(2)10-6-11(9(3)5-13(10)20-4)14-12(15(18)19)7-16-17-14/h5-8H,1-4H3,(H,16,17)(H,18,19). The molecule has 5 nitrogen and oxygen atoms in total. The van der Waals surface area contributed by atoms with Crippen LogP contribution >= 0.6 is 0 Å². The average molecular weight is 274 g/mol. The van der Waals surface area contributed by atoms with Crippen LogP contribution in [0.5, 0.6) is 5.75 Å². The quantitative estimate of drug-likeness (QED) is 0.897. The minimum atomic E-state index is -0.991. The van der Waals surface area contributed by atoms with Gasteiger partial charge in [0.1, 0.15) is 11.3 Å². The number of aromatic carboxylic acids is 1. The normalized spacial score (nSPS) is 10.8. The first kappa shape index (κ1) is 14.1. The van der Waals surface area contributed by atoms with Crippen LogP contribution in [-0.4, -0.2) is 28.4 Å². The molecule has 0 radical (unpaired) electrons. The van der Waals surface area contributed by atoms with Gasteiger partial charge in [0.2, 0.25) is 0 Å². The van der Waals surface area contributed by atoms with E-state index in [1.165, 1.54) is 6.20 Å². The van der Waals surface area contributed by atoms with E-state index in [1.807, 2.05) is 19.1 Å². The number of benzene rings is 1. The lowest BCUT2D eigenvalue weighted by Gasteiger charge is -2.15. The molecule has 20 heavy (non-hydrogen) atoms.